The molecule has 1 aliphatic carbocycles. The lowest BCUT2D eigenvalue weighted by Gasteiger charge is -2.16. The molecule has 1 fully saturated rings. The van der Waals surface area contributed by atoms with E-state index in [1.54, 1.807) is 6.07 Å². The maximum Gasteiger partial charge on any atom is 0.344 e. The minimum absolute atomic E-state index is 0.104. The second kappa shape index (κ2) is 9.22. The van der Waals surface area contributed by atoms with Crippen LogP contribution in [0.5, 0.6) is 5.75 Å². The molecule has 0 heterocycles. The third-order valence-corrected chi connectivity index (χ3v) is 4.28. The van der Waals surface area contributed by atoms with E-state index in [0.29, 0.717) is 5.75 Å². The summed E-state index contributed by atoms with van der Waals surface area (Å²) in [5, 5.41) is 4.93. The number of rotatable bonds is 6. The lowest BCUT2D eigenvalue weighted by molar-refractivity contribution is -0.156. The Morgan fingerprint density at radius 2 is 1.88 bits per heavy atom. The summed E-state index contributed by atoms with van der Waals surface area (Å²) < 4.78 is 10.4. The van der Waals surface area contributed by atoms with Crippen LogP contribution >= 0.6 is 0 Å². The average Bonchev–Trinajstić information content (AvgIpc) is 3.06. The third kappa shape index (κ3) is 6.06. The topological polar surface area (TPSA) is 93.7 Å². The Labute approximate surface area is 153 Å². The van der Waals surface area contributed by atoms with Gasteiger partial charge in [0.05, 0.1) is 0 Å². The number of carbonyl (C=O) groups is 3. The molecule has 142 valence electrons. The van der Waals surface area contributed by atoms with Crippen LogP contribution in [-0.2, 0) is 14.3 Å². The monoisotopic (exact) mass is 362 g/mol. The summed E-state index contributed by atoms with van der Waals surface area (Å²) >= 11 is 0. The Morgan fingerprint density at radius 3 is 2.54 bits per heavy atom. The first-order valence-corrected chi connectivity index (χ1v) is 8.86. The number of carbonyl (C=O) groups excluding carboxylic acids is 3. The van der Waals surface area contributed by atoms with Crippen molar-refractivity contribution in [3.63, 3.8) is 0 Å². The van der Waals surface area contributed by atoms with Crippen molar-refractivity contribution in [2.24, 2.45) is 0 Å². The number of hydrogen-bond acceptors (Lipinski definition) is 5. The predicted molar refractivity (Wildman–Crippen MR) is 95.9 cm³/mol. The molecule has 0 saturated heterocycles. The Balaban J connectivity index is 1.73. The first-order valence-electron chi connectivity index (χ1n) is 8.86. The van der Waals surface area contributed by atoms with E-state index in [-0.39, 0.29) is 12.6 Å². The van der Waals surface area contributed by atoms with Crippen molar-refractivity contribution in [3.05, 3.63) is 29.3 Å². The summed E-state index contributed by atoms with van der Waals surface area (Å²) in [6, 6.07) is 5.15. The molecule has 0 spiro atoms. The molecule has 7 nitrogen and oxygen atoms in total. The highest BCUT2D eigenvalue weighted by molar-refractivity contribution is 5.97. The number of aryl methyl sites for hydroxylation is 2. The van der Waals surface area contributed by atoms with E-state index in [2.05, 4.69) is 10.6 Å². The van der Waals surface area contributed by atoms with Gasteiger partial charge in [0.15, 0.2) is 12.7 Å². The van der Waals surface area contributed by atoms with Crippen molar-refractivity contribution in [2.75, 3.05) is 6.61 Å². The molecule has 1 aromatic carbocycles. The molecule has 1 aromatic rings. The maximum atomic E-state index is 11.9. The number of hydrogen-bond donors (Lipinski definition) is 2. The highest BCUT2D eigenvalue weighted by atomic mass is 16.6. The summed E-state index contributed by atoms with van der Waals surface area (Å²) in [6.07, 6.45) is 2.91. The van der Waals surface area contributed by atoms with Gasteiger partial charge in [-0.1, -0.05) is 30.5 Å². The number of benzene rings is 1. The number of nitrogens with one attached hydrogen (secondary N) is 2. The lowest BCUT2D eigenvalue weighted by Crippen LogP contribution is -2.47. The van der Waals surface area contributed by atoms with Crippen LogP contribution < -0.4 is 15.4 Å². The van der Waals surface area contributed by atoms with E-state index in [4.69, 9.17) is 9.47 Å². The van der Waals surface area contributed by atoms with Gasteiger partial charge in [0, 0.05) is 6.04 Å². The van der Waals surface area contributed by atoms with E-state index in [0.717, 1.165) is 36.8 Å². The second-order valence-electron chi connectivity index (χ2n) is 6.63. The summed E-state index contributed by atoms with van der Waals surface area (Å²) in [7, 11) is 0. The number of urea groups is 1. The van der Waals surface area contributed by atoms with E-state index >= 15 is 0 Å². The molecule has 0 radical (unpaired) electrons. The standard InChI is InChI=1S/C19H26N2O5/c1-12-8-9-16(13(2)10-12)25-11-17(22)26-14(3)18(23)21-19(24)20-15-6-4-5-7-15/h8-10,14-15H,4-7,11H2,1-3H3,(H2,20,21,23,24)/t14-/m1/s1. The SMILES string of the molecule is Cc1ccc(OCC(=O)O[C@H](C)C(=O)NC(=O)NC2CCCC2)c(C)c1. The lowest BCUT2D eigenvalue weighted by atomic mass is 10.1. The van der Waals surface area contributed by atoms with Crippen LogP contribution in [0.3, 0.4) is 0 Å². The van der Waals surface area contributed by atoms with Crippen molar-refractivity contribution in [1.82, 2.24) is 10.6 Å². The molecule has 3 amide bonds. The third-order valence-electron chi connectivity index (χ3n) is 4.28. The quantitative estimate of drug-likeness (QED) is 0.758. The molecule has 26 heavy (non-hydrogen) atoms. The van der Waals surface area contributed by atoms with Gasteiger partial charge in [-0.2, -0.15) is 0 Å². The van der Waals surface area contributed by atoms with Crippen molar-refractivity contribution in [3.8, 4) is 5.75 Å². The Kier molecular flexibility index (Phi) is 7.00. The van der Waals surface area contributed by atoms with E-state index < -0.39 is 24.0 Å². The number of ether oxygens (including phenoxy) is 2. The first kappa shape index (κ1) is 19.8. The Bertz CT molecular complexity index is 668. The van der Waals surface area contributed by atoms with E-state index in [1.807, 2.05) is 26.0 Å². The first-order chi connectivity index (χ1) is 12.3. The van der Waals surface area contributed by atoms with Crippen molar-refractivity contribution >= 4 is 17.9 Å². The van der Waals surface area contributed by atoms with Gasteiger partial charge in [0.1, 0.15) is 5.75 Å². The zero-order valence-electron chi connectivity index (χ0n) is 15.5. The maximum absolute atomic E-state index is 11.9. The summed E-state index contributed by atoms with van der Waals surface area (Å²) in [4.78, 5) is 35.6. The Hall–Kier alpha value is -2.57. The van der Waals surface area contributed by atoms with Crippen LogP contribution in [0.15, 0.2) is 18.2 Å². The molecule has 0 aromatic heterocycles. The van der Waals surface area contributed by atoms with Crippen molar-refractivity contribution in [1.29, 1.82) is 0 Å². The molecule has 2 rings (SSSR count). The molecule has 1 saturated carbocycles. The molecule has 2 N–H and O–H groups in total. The molecule has 0 bridgehead atoms. The van der Waals surface area contributed by atoms with Gasteiger partial charge < -0.3 is 14.8 Å². The van der Waals surface area contributed by atoms with Crippen LogP contribution in [-0.4, -0.2) is 36.7 Å². The second-order valence-corrected chi connectivity index (χ2v) is 6.63. The van der Waals surface area contributed by atoms with Crippen molar-refractivity contribution in [2.45, 2.75) is 58.6 Å². The van der Waals surface area contributed by atoms with Crippen LogP contribution in [0.4, 0.5) is 4.79 Å². The van der Waals surface area contributed by atoms with Crippen molar-refractivity contribution < 1.29 is 23.9 Å². The summed E-state index contributed by atoms with van der Waals surface area (Å²) in [6.45, 7) is 4.95. The average molecular weight is 362 g/mol. The minimum atomic E-state index is -1.08. The van der Waals surface area contributed by atoms with Crippen LogP contribution in [0.25, 0.3) is 0 Å². The molecule has 1 aliphatic rings. The van der Waals surface area contributed by atoms with Gasteiger partial charge in [-0.3, -0.25) is 10.1 Å². The van der Waals surface area contributed by atoms with E-state index in [1.165, 1.54) is 6.92 Å². The minimum Gasteiger partial charge on any atom is -0.482 e. The molecule has 0 unspecified atom stereocenters. The molecular formula is C19H26N2O5. The summed E-state index contributed by atoms with van der Waals surface area (Å²) in [5.41, 5.74) is 2.01. The van der Waals surface area contributed by atoms with Crippen LogP contribution in [0.1, 0.15) is 43.7 Å². The van der Waals surface area contributed by atoms with Gasteiger partial charge in [-0.05, 0) is 45.2 Å². The van der Waals surface area contributed by atoms with Crippen LogP contribution in [0.2, 0.25) is 0 Å². The highest BCUT2D eigenvalue weighted by Gasteiger charge is 2.22. The summed E-state index contributed by atoms with van der Waals surface area (Å²) in [5.74, 6) is -0.759. The highest BCUT2D eigenvalue weighted by Crippen LogP contribution is 2.19. The smallest absolute Gasteiger partial charge is 0.344 e. The molecular weight excluding hydrogens is 336 g/mol. The Morgan fingerprint density at radius 1 is 1.19 bits per heavy atom. The fraction of sp³-hybridized carbons (Fsp3) is 0.526. The van der Waals surface area contributed by atoms with Gasteiger partial charge in [-0.25, -0.2) is 9.59 Å². The largest absolute Gasteiger partial charge is 0.482 e. The molecule has 1 atom stereocenters. The molecule has 0 aliphatic heterocycles. The zero-order valence-corrected chi connectivity index (χ0v) is 15.5. The normalized spacial score (nSPS) is 15.2. The molecule has 7 heteroatoms. The van der Waals surface area contributed by atoms with E-state index in [9.17, 15) is 14.4 Å². The fourth-order valence-electron chi connectivity index (χ4n) is 2.89. The fourth-order valence-corrected chi connectivity index (χ4v) is 2.89. The predicted octanol–water partition coefficient (Wildman–Crippen LogP) is 2.38. The van der Waals surface area contributed by atoms with Gasteiger partial charge in [0.2, 0.25) is 0 Å². The van der Waals surface area contributed by atoms with Gasteiger partial charge >= 0.3 is 12.0 Å². The number of amides is 3. The number of imide groups is 1. The van der Waals surface area contributed by atoms with Gasteiger partial charge in [-0.15, -0.1) is 0 Å². The van der Waals surface area contributed by atoms with Crippen LogP contribution in [0, 0.1) is 13.8 Å². The number of esters is 1. The zero-order chi connectivity index (χ0) is 19.1. The van der Waals surface area contributed by atoms with Gasteiger partial charge in [0.25, 0.3) is 5.91 Å².